The first-order chi connectivity index (χ1) is 19.8. The number of aliphatic hydroxyl groups is 1. The predicted octanol–water partition coefficient (Wildman–Crippen LogP) is 3.70. The van der Waals surface area contributed by atoms with Gasteiger partial charge in [0.05, 0.1) is 22.1 Å². The average Bonchev–Trinajstić information content (AvgIpc) is 2.95. The lowest BCUT2D eigenvalue weighted by molar-refractivity contribution is -0.384. The number of nitriles is 1. The van der Waals surface area contributed by atoms with Gasteiger partial charge in [-0.15, -0.1) is 0 Å². The van der Waals surface area contributed by atoms with Crippen LogP contribution in [-0.2, 0) is 26.5 Å². The number of hydrogen-bond donors (Lipinski definition) is 3. The number of hydrogen-bond acceptors (Lipinski definition) is 9. The van der Waals surface area contributed by atoms with Crippen LogP contribution < -0.4 is 0 Å². The number of carbonyl (C=O) groups excluding carboxylic acids is 1. The van der Waals surface area contributed by atoms with Gasteiger partial charge in [-0.05, 0) is 74.9 Å². The molecule has 0 aliphatic rings. The molecule has 42 heavy (non-hydrogen) atoms. The van der Waals surface area contributed by atoms with Gasteiger partial charge in [-0.1, -0.05) is 24.3 Å². The highest BCUT2D eigenvalue weighted by molar-refractivity contribution is 6.27. The number of aliphatic carboxylic acids is 2. The Hall–Kier alpha value is -5.19. The molecule has 3 aromatic rings. The molecule has 0 aromatic heterocycles. The number of nitro groups is 1. The van der Waals surface area contributed by atoms with Crippen molar-refractivity contribution in [2.24, 2.45) is 0 Å². The van der Waals surface area contributed by atoms with E-state index >= 15 is 0 Å². The topological polar surface area (TPSA) is 191 Å². The molecule has 0 heterocycles. The highest BCUT2D eigenvalue weighted by atomic mass is 19.1. The minimum atomic E-state index is -1.82. The van der Waals surface area contributed by atoms with Crippen molar-refractivity contribution < 1.29 is 43.8 Å². The molecule has 0 bridgehead atoms. The van der Waals surface area contributed by atoms with E-state index in [1.807, 2.05) is 19.0 Å². The predicted molar refractivity (Wildman–Crippen MR) is 146 cm³/mol. The van der Waals surface area contributed by atoms with E-state index in [9.17, 15) is 29.7 Å². The molecule has 1 atom stereocenters. The van der Waals surface area contributed by atoms with Crippen LogP contribution in [0.15, 0.2) is 66.7 Å². The molecule has 0 radical (unpaired) electrons. The van der Waals surface area contributed by atoms with Crippen LogP contribution >= 0.6 is 0 Å². The molecule has 0 aliphatic carbocycles. The zero-order chi connectivity index (χ0) is 31.4. The Kier molecular flexibility index (Phi) is 11.8. The van der Waals surface area contributed by atoms with Crippen molar-refractivity contribution in [2.75, 3.05) is 20.6 Å². The number of ether oxygens (including phenoxy) is 1. The minimum Gasteiger partial charge on any atom is -0.473 e. The first-order valence-corrected chi connectivity index (χ1v) is 12.3. The molecule has 0 aliphatic heterocycles. The SMILES string of the molecule is CN(C)CCCC(O)(c1ccc(F)cc1)c1c(C#N)cccc1COC(=O)c1ccc([N+](=O)[O-])cc1.O=C(O)C(=O)O. The smallest absolute Gasteiger partial charge is 0.414 e. The molecule has 13 heteroatoms. The average molecular weight is 582 g/mol. The Labute approximate surface area is 240 Å². The number of nitro benzene ring substituents is 1. The van der Waals surface area contributed by atoms with E-state index in [1.54, 1.807) is 18.2 Å². The number of nitrogens with zero attached hydrogens (tertiary/aromatic N) is 3. The van der Waals surface area contributed by atoms with Crippen molar-refractivity contribution in [2.45, 2.75) is 25.0 Å². The van der Waals surface area contributed by atoms with E-state index in [-0.39, 0.29) is 35.4 Å². The van der Waals surface area contributed by atoms with Crippen LogP contribution in [0.3, 0.4) is 0 Å². The second kappa shape index (κ2) is 15.0. The first-order valence-electron chi connectivity index (χ1n) is 12.3. The summed E-state index contributed by atoms with van der Waals surface area (Å²) < 4.78 is 19.1. The van der Waals surface area contributed by atoms with Gasteiger partial charge in [0.1, 0.15) is 18.0 Å². The van der Waals surface area contributed by atoms with E-state index in [0.717, 1.165) is 0 Å². The standard InChI is InChI=1S/C27H26FN3O5.C2H2O4/c1-30(2)16-4-15-27(33,22-9-11-23(28)12-10-22)25-20(17-29)5-3-6-21(25)18-36-26(32)19-7-13-24(14-8-19)31(34)35;3-1(4)2(5)6/h3,5-14,33H,4,15-16,18H2,1-2H3;(H,3,4)(H,5,6). The lowest BCUT2D eigenvalue weighted by Gasteiger charge is -2.32. The van der Waals surface area contributed by atoms with Crippen molar-refractivity contribution >= 4 is 23.6 Å². The van der Waals surface area contributed by atoms with Crippen LogP contribution in [0.5, 0.6) is 0 Å². The van der Waals surface area contributed by atoms with E-state index < -0.39 is 34.2 Å². The number of non-ortho nitro benzene ring substituents is 1. The Morgan fingerprint density at radius 1 is 1.02 bits per heavy atom. The fourth-order valence-corrected chi connectivity index (χ4v) is 4.04. The maximum absolute atomic E-state index is 13.7. The molecular formula is C29H28FN3O9. The third-order valence-electron chi connectivity index (χ3n) is 6.01. The van der Waals surface area contributed by atoms with Gasteiger partial charge in [0, 0.05) is 17.7 Å². The van der Waals surface area contributed by atoms with Crippen molar-refractivity contribution in [3.8, 4) is 6.07 Å². The molecule has 3 aromatic carbocycles. The number of rotatable bonds is 10. The lowest BCUT2D eigenvalue weighted by atomic mass is 9.78. The number of carboxylic acids is 2. The Morgan fingerprint density at radius 3 is 2.12 bits per heavy atom. The highest BCUT2D eigenvalue weighted by Gasteiger charge is 2.36. The molecule has 1 unspecified atom stereocenters. The fraction of sp³-hybridized carbons (Fsp3) is 0.241. The van der Waals surface area contributed by atoms with Crippen LogP contribution in [0.1, 0.15) is 45.5 Å². The maximum atomic E-state index is 13.7. The summed E-state index contributed by atoms with van der Waals surface area (Å²) in [6.45, 7) is 0.417. The molecule has 0 spiro atoms. The van der Waals surface area contributed by atoms with Crippen LogP contribution in [0.25, 0.3) is 0 Å². The second-order valence-electron chi connectivity index (χ2n) is 9.22. The molecule has 220 valence electrons. The summed E-state index contributed by atoms with van der Waals surface area (Å²) in [5.74, 6) is -4.82. The largest absolute Gasteiger partial charge is 0.473 e. The summed E-state index contributed by atoms with van der Waals surface area (Å²) in [7, 11) is 3.81. The number of carboxylic acid groups (broad SMARTS) is 2. The minimum absolute atomic E-state index is 0.123. The van der Waals surface area contributed by atoms with Gasteiger partial charge >= 0.3 is 17.9 Å². The zero-order valence-electron chi connectivity index (χ0n) is 22.7. The zero-order valence-corrected chi connectivity index (χ0v) is 22.7. The summed E-state index contributed by atoms with van der Waals surface area (Å²) in [5.41, 5.74) is -0.360. The third kappa shape index (κ3) is 8.91. The second-order valence-corrected chi connectivity index (χ2v) is 9.22. The van der Waals surface area contributed by atoms with Crippen LogP contribution in [0.2, 0.25) is 0 Å². The first kappa shape index (κ1) is 33.0. The van der Waals surface area contributed by atoms with Gasteiger partial charge in [0.15, 0.2) is 0 Å². The number of esters is 1. The normalized spacial score (nSPS) is 11.8. The van der Waals surface area contributed by atoms with E-state index in [0.29, 0.717) is 24.1 Å². The van der Waals surface area contributed by atoms with Gasteiger partial charge in [-0.25, -0.2) is 18.8 Å². The summed E-state index contributed by atoms with van der Waals surface area (Å²) in [4.78, 5) is 43.0. The quantitative estimate of drug-likeness (QED) is 0.137. The van der Waals surface area contributed by atoms with Gasteiger partial charge in [0.25, 0.3) is 5.69 Å². The Morgan fingerprint density at radius 2 is 1.62 bits per heavy atom. The van der Waals surface area contributed by atoms with Gasteiger partial charge in [-0.2, -0.15) is 5.26 Å². The molecule has 0 amide bonds. The highest BCUT2D eigenvalue weighted by Crippen LogP contribution is 2.38. The fourth-order valence-electron chi connectivity index (χ4n) is 4.04. The number of benzene rings is 3. The molecule has 0 saturated heterocycles. The van der Waals surface area contributed by atoms with Gasteiger partial charge < -0.3 is 25.0 Å². The molecule has 3 rings (SSSR count). The van der Waals surface area contributed by atoms with E-state index in [4.69, 9.17) is 24.5 Å². The summed E-state index contributed by atoms with van der Waals surface area (Å²) in [5, 5.41) is 47.5. The monoisotopic (exact) mass is 581 g/mol. The van der Waals surface area contributed by atoms with E-state index in [1.165, 1.54) is 48.5 Å². The number of halogens is 1. The summed E-state index contributed by atoms with van der Waals surface area (Å²) in [6, 6.07) is 17.4. The molecule has 3 N–H and O–H groups in total. The summed E-state index contributed by atoms with van der Waals surface area (Å²) >= 11 is 0. The molecule has 0 saturated carbocycles. The Bertz CT molecular complexity index is 1460. The van der Waals surface area contributed by atoms with Crippen molar-refractivity contribution in [3.63, 3.8) is 0 Å². The third-order valence-corrected chi connectivity index (χ3v) is 6.01. The van der Waals surface area contributed by atoms with Crippen LogP contribution in [0.4, 0.5) is 10.1 Å². The number of carbonyl (C=O) groups is 3. The van der Waals surface area contributed by atoms with Crippen LogP contribution in [0, 0.1) is 27.3 Å². The van der Waals surface area contributed by atoms with Crippen LogP contribution in [-0.4, -0.2) is 63.7 Å². The van der Waals surface area contributed by atoms with Crippen molar-refractivity contribution in [1.29, 1.82) is 5.26 Å². The maximum Gasteiger partial charge on any atom is 0.414 e. The Balaban J connectivity index is 0.000000928. The summed E-state index contributed by atoms with van der Waals surface area (Å²) in [6.07, 6.45) is 0.807. The molecular weight excluding hydrogens is 553 g/mol. The lowest BCUT2D eigenvalue weighted by Crippen LogP contribution is -2.31. The van der Waals surface area contributed by atoms with Gasteiger partial charge in [0.2, 0.25) is 0 Å². The van der Waals surface area contributed by atoms with Gasteiger partial charge in [-0.3, -0.25) is 10.1 Å². The molecule has 12 nitrogen and oxygen atoms in total. The van der Waals surface area contributed by atoms with E-state index in [2.05, 4.69) is 6.07 Å². The molecule has 0 fully saturated rings. The van der Waals surface area contributed by atoms with Crippen molar-refractivity contribution in [3.05, 3.63) is 110 Å². The van der Waals surface area contributed by atoms with Crippen molar-refractivity contribution in [1.82, 2.24) is 4.90 Å².